The molecular weight excluding hydrogens is 232 g/mol. The Kier molecular flexibility index (Phi) is 3.57. The quantitative estimate of drug-likeness (QED) is 0.779. The zero-order chi connectivity index (χ0) is 13.1. The van der Waals surface area contributed by atoms with Crippen LogP contribution in [-0.2, 0) is 0 Å². The van der Waals surface area contributed by atoms with E-state index in [0.29, 0.717) is 11.4 Å². The van der Waals surface area contributed by atoms with E-state index in [0.717, 1.165) is 19.3 Å². The fraction of sp³-hybridized carbons (Fsp3) is 0.417. The first-order valence-electron chi connectivity index (χ1n) is 5.83. The molecule has 1 aliphatic rings. The lowest BCUT2D eigenvalue weighted by Gasteiger charge is -2.15. The molecule has 0 saturated heterocycles. The number of nitrogens with one attached hydrogen (secondary N) is 1. The summed E-state index contributed by atoms with van der Waals surface area (Å²) < 4.78 is 1.38. The molecule has 0 bridgehead atoms. The van der Waals surface area contributed by atoms with Crippen molar-refractivity contribution < 1.29 is 9.90 Å². The minimum absolute atomic E-state index is 0.192. The van der Waals surface area contributed by atoms with E-state index in [2.05, 4.69) is 28.7 Å². The number of rotatable bonds is 4. The van der Waals surface area contributed by atoms with Gasteiger partial charge in [0.1, 0.15) is 5.56 Å². The Morgan fingerprint density at radius 2 is 2.44 bits per heavy atom. The number of aliphatic hydroxyl groups is 1. The van der Waals surface area contributed by atoms with Gasteiger partial charge in [-0.3, -0.25) is 4.79 Å². The average Bonchev–Trinajstić information content (AvgIpc) is 2.95. The lowest BCUT2D eigenvalue weighted by Crippen LogP contribution is -2.39. The Morgan fingerprint density at radius 1 is 1.67 bits per heavy atom. The Bertz CT molecular complexity index is 480. The molecule has 2 atom stereocenters. The average molecular weight is 248 g/mol. The van der Waals surface area contributed by atoms with Crippen LogP contribution in [0.2, 0.25) is 0 Å². The van der Waals surface area contributed by atoms with Crippen molar-refractivity contribution in [2.45, 2.75) is 31.4 Å². The van der Waals surface area contributed by atoms with Gasteiger partial charge in [0.15, 0.2) is 5.82 Å². The van der Waals surface area contributed by atoms with Crippen LogP contribution in [0.5, 0.6) is 0 Å². The van der Waals surface area contributed by atoms with Gasteiger partial charge >= 0.3 is 0 Å². The summed E-state index contributed by atoms with van der Waals surface area (Å²) in [6, 6.07) is -0.192. The molecule has 1 saturated carbocycles. The molecule has 0 aromatic carbocycles. The summed E-state index contributed by atoms with van der Waals surface area (Å²) in [4.78, 5) is 15.8. The summed E-state index contributed by atoms with van der Waals surface area (Å²) in [7, 11) is 0. The van der Waals surface area contributed by atoms with Gasteiger partial charge in [-0.15, -0.1) is 0 Å². The molecule has 2 N–H and O–H groups in total. The largest absolute Gasteiger partial charge is 0.391 e. The van der Waals surface area contributed by atoms with Gasteiger partial charge in [-0.2, -0.15) is 5.10 Å². The summed E-state index contributed by atoms with van der Waals surface area (Å²) in [6.07, 6.45) is 4.84. The third-order valence-corrected chi connectivity index (χ3v) is 3.13. The maximum atomic E-state index is 12.1. The van der Waals surface area contributed by atoms with Crippen molar-refractivity contribution in [3.8, 4) is 0 Å². The number of carbonyl (C=O) groups is 1. The van der Waals surface area contributed by atoms with E-state index in [4.69, 9.17) is 0 Å². The molecule has 1 aromatic rings. The van der Waals surface area contributed by atoms with Crippen LogP contribution in [0.4, 0.5) is 5.82 Å². The Hall–Kier alpha value is -1.95. The van der Waals surface area contributed by atoms with Crippen molar-refractivity contribution in [2.24, 2.45) is 4.99 Å². The molecule has 1 fully saturated rings. The van der Waals surface area contributed by atoms with Gasteiger partial charge in [-0.05, 0) is 26.0 Å². The van der Waals surface area contributed by atoms with Gasteiger partial charge < -0.3 is 10.4 Å². The first kappa shape index (κ1) is 12.5. The first-order valence-corrected chi connectivity index (χ1v) is 5.83. The predicted octanol–water partition coefficient (Wildman–Crippen LogP) is 0.959. The molecule has 0 radical (unpaired) electrons. The zero-order valence-corrected chi connectivity index (χ0v) is 10.0. The van der Waals surface area contributed by atoms with Crippen LogP contribution in [0, 0.1) is 0 Å². The number of aromatic nitrogens is 2. The molecule has 1 heterocycles. The molecule has 1 aliphatic carbocycles. The normalized spacial score (nSPS) is 22.7. The summed E-state index contributed by atoms with van der Waals surface area (Å²) >= 11 is 0. The predicted molar refractivity (Wildman–Crippen MR) is 68.9 cm³/mol. The number of aliphatic imine (C=N–C) groups is 1. The van der Waals surface area contributed by atoms with Gasteiger partial charge in [0.25, 0.3) is 5.91 Å². The molecule has 96 valence electrons. The van der Waals surface area contributed by atoms with Gasteiger partial charge in [0.2, 0.25) is 0 Å². The number of hydrogen-bond donors (Lipinski definition) is 2. The molecule has 0 aliphatic heterocycles. The van der Waals surface area contributed by atoms with Crippen molar-refractivity contribution in [3.05, 3.63) is 18.3 Å². The van der Waals surface area contributed by atoms with Crippen LogP contribution < -0.4 is 5.32 Å². The fourth-order valence-electron chi connectivity index (χ4n) is 2.16. The molecule has 2 rings (SSSR count). The minimum atomic E-state index is -0.469. The Morgan fingerprint density at radius 3 is 3.00 bits per heavy atom. The highest BCUT2D eigenvalue weighted by Crippen LogP contribution is 2.22. The third kappa shape index (κ3) is 2.19. The van der Waals surface area contributed by atoms with Gasteiger partial charge in [-0.25, -0.2) is 9.67 Å². The van der Waals surface area contributed by atoms with Crippen molar-refractivity contribution in [1.29, 1.82) is 0 Å². The highest BCUT2D eigenvalue weighted by molar-refractivity contribution is 5.98. The van der Waals surface area contributed by atoms with Gasteiger partial charge in [0, 0.05) is 6.20 Å². The Balaban J connectivity index is 2.16. The second-order valence-electron chi connectivity index (χ2n) is 4.25. The van der Waals surface area contributed by atoms with Crippen molar-refractivity contribution in [1.82, 2.24) is 15.1 Å². The van der Waals surface area contributed by atoms with E-state index >= 15 is 0 Å². The van der Waals surface area contributed by atoms with Gasteiger partial charge in [-0.1, -0.05) is 6.58 Å². The van der Waals surface area contributed by atoms with E-state index in [1.165, 1.54) is 17.1 Å². The van der Waals surface area contributed by atoms with E-state index in [-0.39, 0.29) is 11.9 Å². The zero-order valence-electron chi connectivity index (χ0n) is 10.0. The lowest BCUT2D eigenvalue weighted by molar-refractivity contribution is 0.0874. The van der Waals surface area contributed by atoms with Crippen LogP contribution in [0.15, 0.2) is 17.8 Å². The number of nitrogens with zero attached hydrogens (tertiary/aromatic N) is 3. The van der Waals surface area contributed by atoms with Crippen LogP contribution in [0.3, 0.4) is 0 Å². The van der Waals surface area contributed by atoms with E-state index in [1.807, 2.05) is 0 Å². The third-order valence-electron chi connectivity index (χ3n) is 3.13. The molecular formula is C12H16N4O2. The van der Waals surface area contributed by atoms with E-state index < -0.39 is 6.10 Å². The highest BCUT2D eigenvalue weighted by atomic mass is 16.3. The maximum Gasteiger partial charge on any atom is 0.257 e. The number of aliphatic hydroxyl groups excluding tert-OH is 1. The summed E-state index contributed by atoms with van der Waals surface area (Å²) in [5, 5.41) is 16.4. The standard InChI is InChI=1S/C12H16N4O2/c1-3-16-11(13-2)8(7-14-16)12(18)15-9-5-4-6-10(9)17/h3,7,9-10,17H,1-2,4-6H2,(H,15,18). The summed E-state index contributed by atoms with van der Waals surface area (Å²) in [5.74, 6) is 0.0615. The van der Waals surface area contributed by atoms with Crippen molar-refractivity contribution in [2.75, 3.05) is 0 Å². The van der Waals surface area contributed by atoms with Crippen LogP contribution in [0.25, 0.3) is 6.20 Å². The smallest absolute Gasteiger partial charge is 0.257 e. The lowest BCUT2D eigenvalue weighted by atomic mass is 10.2. The number of carbonyl (C=O) groups excluding carboxylic acids is 1. The molecule has 0 spiro atoms. The molecule has 6 nitrogen and oxygen atoms in total. The van der Waals surface area contributed by atoms with Crippen LogP contribution in [-0.4, -0.2) is 39.7 Å². The van der Waals surface area contributed by atoms with Crippen LogP contribution >= 0.6 is 0 Å². The molecule has 18 heavy (non-hydrogen) atoms. The Labute approximate surface area is 105 Å². The molecule has 1 amide bonds. The molecule has 1 aromatic heterocycles. The van der Waals surface area contributed by atoms with Crippen LogP contribution in [0.1, 0.15) is 29.6 Å². The summed E-state index contributed by atoms with van der Waals surface area (Å²) in [5.41, 5.74) is 0.337. The first-order chi connectivity index (χ1) is 8.67. The SMILES string of the molecule is C=Cn1ncc(C(=O)NC2CCCC2O)c1N=C. The van der Waals surface area contributed by atoms with Crippen molar-refractivity contribution >= 4 is 24.6 Å². The molecule has 2 unspecified atom stereocenters. The van der Waals surface area contributed by atoms with E-state index in [9.17, 15) is 9.90 Å². The monoisotopic (exact) mass is 248 g/mol. The maximum absolute atomic E-state index is 12.1. The fourth-order valence-corrected chi connectivity index (χ4v) is 2.16. The summed E-state index contributed by atoms with van der Waals surface area (Å²) in [6.45, 7) is 6.98. The van der Waals surface area contributed by atoms with E-state index in [1.54, 1.807) is 0 Å². The van der Waals surface area contributed by atoms with Gasteiger partial charge in [0.05, 0.1) is 18.3 Å². The topological polar surface area (TPSA) is 79.5 Å². The number of hydrogen-bond acceptors (Lipinski definition) is 4. The second-order valence-corrected chi connectivity index (χ2v) is 4.25. The molecule has 6 heteroatoms. The minimum Gasteiger partial charge on any atom is -0.391 e. The number of amides is 1. The highest BCUT2D eigenvalue weighted by Gasteiger charge is 2.28. The second kappa shape index (κ2) is 5.14. The van der Waals surface area contributed by atoms with Crippen molar-refractivity contribution in [3.63, 3.8) is 0 Å².